The Morgan fingerprint density at radius 1 is 1.22 bits per heavy atom. The second-order valence-corrected chi connectivity index (χ2v) is 4.69. The summed E-state index contributed by atoms with van der Waals surface area (Å²) in [6.07, 6.45) is 0.185. The molecule has 0 aliphatic carbocycles. The summed E-state index contributed by atoms with van der Waals surface area (Å²) < 4.78 is 0. The zero-order valence-electron chi connectivity index (χ0n) is 10.7. The van der Waals surface area contributed by atoms with Gasteiger partial charge in [0.25, 0.3) is 0 Å². The van der Waals surface area contributed by atoms with Gasteiger partial charge in [0, 0.05) is 6.54 Å². The van der Waals surface area contributed by atoms with Crippen LogP contribution in [-0.2, 0) is 22.6 Å². The maximum absolute atomic E-state index is 11.8. The number of benzene rings is 1. The highest BCUT2D eigenvalue weighted by Crippen LogP contribution is 2.09. The third-order valence-electron chi connectivity index (χ3n) is 2.76. The molecule has 0 aliphatic rings. The Balaban J connectivity index is 2.74. The SMILES string of the molecule is CC(C)(NC(=O)Cc1ccccc1CN)C(N)=O. The number of nitrogens with two attached hydrogens (primary N) is 2. The molecule has 0 unspecified atom stereocenters. The van der Waals surface area contributed by atoms with Crippen molar-refractivity contribution >= 4 is 11.8 Å². The number of rotatable bonds is 5. The van der Waals surface area contributed by atoms with Gasteiger partial charge in [-0.3, -0.25) is 9.59 Å². The molecule has 0 aromatic heterocycles. The number of hydrogen-bond acceptors (Lipinski definition) is 3. The molecule has 5 N–H and O–H groups in total. The van der Waals surface area contributed by atoms with Crippen LogP contribution in [0.4, 0.5) is 0 Å². The van der Waals surface area contributed by atoms with Crippen LogP contribution in [0.3, 0.4) is 0 Å². The van der Waals surface area contributed by atoms with E-state index in [0.29, 0.717) is 6.54 Å². The van der Waals surface area contributed by atoms with Gasteiger partial charge in [0.2, 0.25) is 11.8 Å². The van der Waals surface area contributed by atoms with Crippen molar-refractivity contribution < 1.29 is 9.59 Å². The monoisotopic (exact) mass is 249 g/mol. The first-order chi connectivity index (χ1) is 8.36. The van der Waals surface area contributed by atoms with E-state index >= 15 is 0 Å². The standard InChI is InChI=1S/C13H19N3O2/c1-13(2,12(15)18)16-11(17)7-9-5-3-4-6-10(9)8-14/h3-6H,7-8,14H2,1-2H3,(H2,15,18)(H,16,17). The van der Waals surface area contributed by atoms with Gasteiger partial charge in [-0.05, 0) is 25.0 Å². The summed E-state index contributed by atoms with van der Waals surface area (Å²) in [6.45, 7) is 3.52. The van der Waals surface area contributed by atoms with E-state index < -0.39 is 11.4 Å². The number of carbonyl (C=O) groups is 2. The number of hydrogen-bond donors (Lipinski definition) is 3. The van der Waals surface area contributed by atoms with Crippen LogP contribution in [0.2, 0.25) is 0 Å². The molecule has 0 atom stereocenters. The lowest BCUT2D eigenvalue weighted by Gasteiger charge is -2.22. The molecular weight excluding hydrogens is 230 g/mol. The van der Waals surface area contributed by atoms with Crippen LogP contribution < -0.4 is 16.8 Å². The molecule has 0 radical (unpaired) electrons. The van der Waals surface area contributed by atoms with Crippen molar-refractivity contribution in [2.75, 3.05) is 0 Å². The zero-order valence-corrected chi connectivity index (χ0v) is 10.7. The topological polar surface area (TPSA) is 98.2 Å². The number of amides is 2. The summed E-state index contributed by atoms with van der Waals surface area (Å²) in [5, 5.41) is 2.60. The number of nitrogens with one attached hydrogen (secondary N) is 1. The van der Waals surface area contributed by atoms with Crippen LogP contribution in [0, 0.1) is 0 Å². The molecule has 0 heterocycles. The molecule has 0 saturated carbocycles. The summed E-state index contributed by atoms with van der Waals surface area (Å²) >= 11 is 0. The molecule has 1 aromatic carbocycles. The minimum Gasteiger partial charge on any atom is -0.368 e. The van der Waals surface area contributed by atoms with Gasteiger partial charge in [0.05, 0.1) is 6.42 Å². The number of primary amides is 1. The smallest absolute Gasteiger partial charge is 0.242 e. The first kappa shape index (κ1) is 14.2. The summed E-state index contributed by atoms with van der Waals surface area (Å²) in [5.41, 5.74) is 11.5. The Kier molecular flexibility index (Phi) is 4.44. The van der Waals surface area contributed by atoms with Crippen LogP contribution >= 0.6 is 0 Å². The van der Waals surface area contributed by atoms with Gasteiger partial charge in [-0.1, -0.05) is 24.3 Å². The maximum atomic E-state index is 11.8. The molecule has 1 aromatic rings. The minimum absolute atomic E-state index is 0.185. The van der Waals surface area contributed by atoms with E-state index in [-0.39, 0.29) is 12.3 Å². The summed E-state index contributed by atoms with van der Waals surface area (Å²) in [5.74, 6) is -0.817. The lowest BCUT2D eigenvalue weighted by atomic mass is 10.0. The molecule has 0 fully saturated rings. The first-order valence-corrected chi connectivity index (χ1v) is 5.74. The summed E-state index contributed by atoms with van der Waals surface area (Å²) in [6, 6.07) is 7.44. The van der Waals surface area contributed by atoms with E-state index in [1.165, 1.54) is 0 Å². The van der Waals surface area contributed by atoms with Gasteiger partial charge in [-0.25, -0.2) is 0 Å². The fourth-order valence-electron chi connectivity index (χ4n) is 1.56. The molecule has 0 saturated heterocycles. The third kappa shape index (κ3) is 3.56. The van der Waals surface area contributed by atoms with Gasteiger partial charge in [0.1, 0.15) is 5.54 Å². The average molecular weight is 249 g/mol. The van der Waals surface area contributed by atoms with Gasteiger partial charge in [-0.15, -0.1) is 0 Å². The molecular formula is C13H19N3O2. The van der Waals surface area contributed by atoms with Crippen molar-refractivity contribution in [1.29, 1.82) is 0 Å². The van der Waals surface area contributed by atoms with Crippen LogP contribution in [-0.4, -0.2) is 17.4 Å². The molecule has 5 heteroatoms. The first-order valence-electron chi connectivity index (χ1n) is 5.74. The molecule has 1 rings (SSSR count). The minimum atomic E-state index is -1.05. The van der Waals surface area contributed by atoms with Crippen LogP contribution in [0.25, 0.3) is 0 Å². The zero-order chi connectivity index (χ0) is 13.8. The largest absolute Gasteiger partial charge is 0.368 e. The average Bonchev–Trinajstić information content (AvgIpc) is 2.28. The van der Waals surface area contributed by atoms with Crippen LogP contribution in [0.1, 0.15) is 25.0 Å². The Hall–Kier alpha value is -1.88. The predicted molar refractivity (Wildman–Crippen MR) is 69.5 cm³/mol. The van der Waals surface area contributed by atoms with Crippen molar-refractivity contribution in [2.45, 2.75) is 32.4 Å². The van der Waals surface area contributed by atoms with E-state index in [9.17, 15) is 9.59 Å². The predicted octanol–water partition coefficient (Wildman–Crippen LogP) is 0.0679. The van der Waals surface area contributed by atoms with Crippen molar-refractivity contribution in [2.24, 2.45) is 11.5 Å². The molecule has 98 valence electrons. The van der Waals surface area contributed by atoms with Crippen molar-refractivity contribution in [3.63, 3.8) is 0 Å². The molecule has 5 nitrogen and oxygen atoms in total. The molecule has 0 aliphatic heterocycles. The molecule has 0 bridgehead atoms. The maximum Gasteiger partial charge on any atom is 0.242 e. The van der Waals surface area contributed by atoms with Gasteiger partial charge in [-0.2, -0.15) is 0 Å². The quantitative estimate of drug-likeness (QED) is 0.688. The summed E-state index contributed by atoms with van der Waals surface area (Å²) in [4.78, 5) is 23.0. The Labute approximate surface area is 107 Å². The summed E-state index contributed by atoms with van der Waals surface area (Å²) in [7, 11) is 0. The van der Waals surface area contributed by atoms with E-state index in [2.05, 4.69) is 5.32 Å². The van der Waals surface area contributed by atoms with Gasteiger partial charge < -0.3 is 16.8 Å². The van der Waals surface area contributed by atoms with E-state index in [1.54, 1.807) is 13.8 Å². The Bertz CT molecular complexity index is 455. The van der Waals surface area contributed by atoms with Crippen molar-refractivity contribution in [1.82, 2.24) is 5.32 Å². The Morgan fingerprint density at radius 3 is 2.28 bits per heavy atom. The van der Waals surface area contributed by atoms with E-state index in [0.717, 1.165) is 11.1 Å². The molecule has 18 heavy (non-hydrogen) atoms. The van der Waals surface area contributed by atoms with Crippen molar-refractivity contribution in [3.05, 3.63) is 35.4 Å². The molecule has 0 spiro atoms. The van der Waals surface area contributed by atoms with Gasteiger partial charge >= 0.3 is 0 Å². The second kappa shape index (κ2) is 5.64. The highest BCUT2D eigenvalue weighted by Gasteiger charge is 2.26. The normalized spacial score (nSPS) is 11.1. The highest BCUT2D eigenvalue weighted by atomic mass is 16.2. The Morgan fingerprint density at radius 2 is 1.78 bits per heavy atom. The lowest BCUT2D eigenvalue weighted by Crippen LogP contribution is -2.53. The number of carbonyl (C=O) groups excluding carboxylic acids is 2. The van der Waals surface area contributed by atoms with Crippen LogP contribution in [0.5, 0.6) is 0 Å². The fourth-order valence-corrected chi connectivity index (χ4v) is 1.56. The molecule has 2 amide bonds. The third-order valence-corrected chi connectivity index (χ3v) is 2.76. The van der Waals surface area contributed by atoms with E-state index in [1.807, 2.05) is 24.3 Å². The van der Waals surface area contributed by atoms with Gasteiger partial charge in [0.15, 0.2) is 0 Å². The fraction of sp³-hybridized carbons (Fsp3) is 0.385. The van der Waals surface area contributed by atoms with Crippen LogP contribution in [0.15, 0.2) is 24.3 Å². The van der Waals surface area contributed by atoms with E-state index in [4.69, 9.17) is 11.5 Å². The lowest BCUT2D eigenvalue weighted by molar-refractivity contribution is -0.130. The highest BCUT2D eigenvalue weighted by molar-refractivity contribution is 5.90. The second-order valence-electron chi connectivity index (χ2n) is 4.69. The van der Waals surface area contributed by atoms with Crippen molar-refractivity contribution in [3.8, 4) is 0 Å².